The third-order valence-electron chi connectivity index (χ3n) is 2.47. The monoisotopic (exact) mass is 214 g/mol. The highest BCUT2D eigenvalue weighted by Gasteiger charge is 2.25. The maximum atomic E-state index is 9.32. The van der Waals surface area contributed by atoms with Crippen LogP contribution < -0.4 is 9.47 Å². The molecule has 1 N–H and O–H groups in total. The van der Waals surface area contributed by atoms with Crippen molar-refractivity contribution in [2.75, 3.05) is 0 Å². The van der Waals surface area contributed by atoms with E-state index in [1.54, 1.807) is 18.2 Å². The van der Waals surface area contributed by atoms with Gasteiger partial charge in [-0.1, -0.05) is 30.3 Å². The fourth-order valence-corrected chi connectivity index (χ4v) is 1.69. The number of hydrogen-bond donors (Lipinski definition) is 1. The van der Waals surface area contributed by atoms with Crippen molar-refractivity contribution in [2.45, 2.75) is 6.29 Å². The smallest absolute Gasteiger partial charge is 0.267 e. The van der Waals surface area contributed by atoms with Gasteiger partial charge in [-0.2, -0.15) is 0 Å². The summed E-state index contributed by atoms with van der Waals surface area (Å²) in [6.45, 7) is 0. The maximum Gasteiger partial charge on any atom is 0.267 e. The van der Waals surface area contributed by atoms with Gasteiger partial charge in [-0.05, 0) is 12.1 Å². The van der Waals surface area contributed by atoms with Crippen molar-refractivity contribution in [1.82, 2.24) is 0 Å². The summed E-state index contributed by atoms with van der Waals surface area (Å²) in [6, 6.07) is 14.5. The Kier molecular flexibility index (Phi) is 1.96. The van der Waals surface area contributed by atoms with Crippen LogP contribution in [0.5, 0.6) is 17.2 Å². The van der Waals surface area contributed by atoms with Crippen molar-refractivity contribution < 1.29 is 14.6 Å². The molecule has 0 amide bonds. The molecule has 0 aromatic heterocycles. The van der Waals surface area contributed by atoms with Crippen molar-refractivity contribution in [1.29, 1.82) is 0 Å². The lowest BCUT2D eigenvalue weighted by Crippen LogP contribution is -2.07. The van der Waals surface area contributed by atoms with E-state index in [9.17, 15) is 5.11 Å². The average molecular weight is 214 g/mol. The van der Waals surface area contributed by atoms with Crippen LogP contribution in [0.3, 0.4) is 0 Å². The van der Waals surface area contributed by atoms with Crippen LogP contribution in [0.2, 0.25) is 0 Å². The van der Waals surface area contributed by atoms with Gasteiger partial charge in [0.25, 0.3) is 6.29 Å². The quantitative estimate of drug-likeness (QED) is 0.793. The molecule has 0 bridgehead atoms. The summed E-state index contributed by atoms with van der Waals surface area (Å²) in [6.07, 6.45) is -0.419. The van der Waals surface area contributed by atoms with Crippen LogP contribution in [-0.2, 0) is 0 Å². The van der Waals surface area contributed by atoms with E-state index >= 15 is 0 Å². The van der Waals surface area contributed by atoms with Gasteiger partial charge < -0.3 is 14.6 Å². The minimum Gasteiger partial charge on any atom is -0.508 e. The average Bonchev–Trinajstić information content (AvgIpc) is 2.73. The van der Waals surface area contributed by atoms with Crippen LogP contribution in [0.1, 0.15) is 11.9 Å². The number of fused-ring (bicyclic) bond motifs is 1. The molecule has 1 aliphatic heterocycles. The van der Waals surface area contributed by atoms with E-state index in [0.29, 0.717) is 11.5 Å². The molecule has 0 aliphatic carbocycles. The van der Waals surface area contributed by atoms with Gasteiger partial charge in [0, 0.05) is 11.6 Å². The van der Waals surface area contributed by atoms with E-state index in [-0.39, 0.29) is 5.75 Å². The SMILES string of the molecule is Oc1ccc2c(c1)OC(c1ccccc1)O2. The third-order valence-corrected chi connectivity index (χ3v) is 2.47. The first-order valence-electron chi connectivity index (χ1n) is 5.04. The highest BCUT2D eigenvalue weighted by atomic mass is 16.7. The molecular weight excluding hydrogens is 204 g/mol. The van der Waals surface area contributed by atoms with Crippen LogP contribution >= 0.6 is 0 Å². The molecule has 0 saturated carbocycles. The van der Waals surface area contributed by atoms with Crippen molar-refractivity contribution in [3.05, 3.63) is 54.1 Å². The molecule has 0 fully saturated rings. The Bertz CT molecular complexity index is 508. The molecule has 1 heterocycles. The second kappa shape index (κ2) is 3.45. The summed E-state index contributed by atoms with van der Waals surface area (Å²) in [5.41, 5.74) is 0.957. The summed E-state index contributed by atoms with van der Waals surface area (Å²) in [5, 5.41) is 9.32. The predicted molar refractivity (Wildman–Crippen MR) is 58.5 cm³/mol. The van der Waals surface area contributed by atoms with Gasteiger partial charge in [0.15, 0.2) is 11.5 Å². The zero-order valence-electron chi connectivity index (χ0n) is 8.46. The van der Waals surface area contributed by atoms with Gasteiger partial charge in [0.1, 0.15) is 5.75 Å². The Morgan fingerprint density at radius 1 is 0.875 bits per heavy atom. The number of aromatic hydroxyl groups is 1. The van der Waals surface area contributed by atoms with E-state index in [4.69, 9.17) is 9.47 Å². The largest absolute Gasteiger partial charge is 0.508 e. The summed E-state index contributed by atoms with van der Waals surface area (Å²) in [5.74, 6) is 1.41. The Morgan fingerprint density at radius 3 is 2.44 bits per heavy atom. The Labute approximate surface area is 92.9 Å². The van der Waals surface area contributed by atoms with E-state index in [1.807, 2.05) is 30.3 Å². The van der Waals surface area contributed by atoms with Crippen LogP contribution in [0.25, 0.3) is 0 Å². The third kappa shape index (κ3) is 1.46. The van der Waals surface area contributed by atoms with Gasteiger partial charge in [-0.3, -0.25) is 0 Å². The van der Waals surface area contributed by atoms with Crippen LogP contribution in [0.15, 0.2) is 48.5 Å². The Hall–Kier alpha value is -2.16. The van der Waals surface area contributed by atoms with Crippen molar-refractivity contribution in [3.63, 3.8) is 0 Å². The highest BCUT2D eigenvalue weighted by molar-refractivity contribution is 5.47. The molecule has 1 unspecified atom stereocenters. The van der Waals surface area contributed by atoms with Crippen molar-refractivity contribution in [3.8, 4) is 17.2 Å². The molecule has 2 aromatic carbocycles. The number of rotatable bonds is 1. The first-order valence-corrected chi connectivity index (χ1v) is 5.04. The van der Waals surface area contributed by atoms with Gasteiger partial charge in [-0.25, -0.2) is 0 Å². The second-order valence-electron chi connectivity index (χ2n) is 3.61. The fourth-order valence-electron chi connectivity index (χ4n) is 1.69. The molecule has 3 rings (SSSR count). The minimum atomic E-state index is -0.419. The number of benzene rings is 2. The van der Waals surface area contributed by atoms with E-state index in [1.165, 1.54) is 0 Å². The molecular formula is C13H10O3. The Morgan fingerprint density at radius 2 is 1.62 bits per heavy atom. The predicted octanol–water partition coefficient (Wildman–Crippen LogP) is 2.86. The molecule has 1 atom stereocenters. The van der Waals surface area contributed by atoms with Crippen molar-refractivity contribution in [2.24, 2.45) is 0 Å². The molecule has 0 saturated heterocycles. The second-order valence-corrected chi connectivity index (χ2v) is 3.61. The van der Waals surface area contributed by atoms with Crippen LogP contribution in [0, 0.1) is 0 Å². The minimum absolute atomic E-state index is 0.177. The molecule has 0 spiro atoms. The summed E-state index contributed by atoms with van der Waals surface area (Å²) >= 11 is 0. The van der Waals surface area contributed by atoms with Crippen LogP contribution in [0.4, 0.5) is 0 Å². The van der Waals surface area contributed by atoms with Gasteiger partial charge in [-0.15, -0.1) is 0 Å². The summed E-state index contributed by atoms with van der Waals surface area (Å²) in [7, 11) is 0. The normalized spacial score (nSPS) is 17.4. The molecule has 1 aliphatic rings. The van der Waals surface area contributed by atoms with Gasteiger partial charge in [0.05, 0.1) is 0 Å². The van der Waals surface area contributed by atoms with Crippen molar-refractivity contribution >= 4 is 0 Å². The zero-order valence-corrected chi connectivity index (χ0v) is 8.46. The molecule has 0 radical (unpaired) electrons. The zero-order chi connectivity index (χ0) is 11.0. The summed E-state index contributed by atoms with van der Waals surface area (Å²) < 4.78 is 11.2. The maximum absolute atomic E-state index is 9.32. The lowest BCUT2D eigenvalue weighted by atomic mass is 10.2. The number of hydrogen-bond acceptors (Lipinski definition) is 3. The number of ether oxygens (including phenoxy) is 2. The standard InChI is InChI=1S/C13H10O3/c14-10-6-7-11-12(8-10)16-13(15-11)9-4-2-1-3-5-9/h1-8,13-14H. The number of phenols is 1. The van der Waals surface area contributed by atoms with E-state index in [0.717, 1.165) is 5.56 Å². The number of phenolic OH excluding ortho intramolecular Hbond substituents is 1. The fraction of sp³-hybridized carbons (Fsp3) is 0.0769. The Balaban J connectivity index is 1.91. The topological polar surface area (TPSA) is 38.7 Å². The molecule has 80 valence electrons. The van der Waals surface area contributed by atoms with Gasteiger partial charge >= 0.3 is 0 Å². The van der Waals surface area contributed by atoms with Gasteiger partial charge in [0.2, 0.25) is 0 Å². The first kappa shape index (κ1) is 9.09. The summed E-state index contributed by atoms with van der Waals surface area (Å²) in [4.78, 5) is 0. The lowest BCUT2D eigenvalue weighted by molar-refractivity contribution is 0.0487. The van der Waals surface area contributed by atoms with Crippen LogP contribution in [-0.4, -0.2) is 5.11 Å². The lowest BCUT2D eigenvalue weighted by Gasteiger charge is -2.09. The molecule has 16 heavy (non-hydrogen) atoms. The molecule has 3 heteroatoms. The molecule has 2 aromatic rings. The van der Waals surface area contributed by atoms with E-state index in [2.05, 4.69) is 0 Å². The highest BCUT2D eigenvalue weighted by Crippen LogP contribution is 2.41. The first-order chi connectivity index (χ1) is 7.83. The van der Waals surface area contributed by atoms with E-state index < -0.39 is 6.29 Å². The molecule has 3 nitrogen and oxygen atoms in total.